The van der Waals surface area contributed by atoms with E-state index in [-0.39, 0.29) is 18.5 Å². The van der Waals surface area contributed by atoms with Crippen LogP contribution in [0.4, 0.5) is 11.6 Å². The summed E-state index contributed by atoms with van der Waals surface area (Å²) in [6.07, 6.45) is 1.34. The first-order chi connectivity index (χ1) is 6.57. The largest absolute Gasteiger partial charge is 0.394 e. The summed E-state index contributed by atoms with van der Waals surface area (Å²) in [7, 11) is 1.79. The predicted octanol–water partition coefficient (Wildman–Crippen LogP) is 0.529. The van der Waals surface area contributed by atoms with Gasteiger partial charge in [0, 0.05) is 7.05 Å². The second-order valence-corrected chi connectivity index (χ2v) is 3.42. The van der Waals surface area contributed by atoms with E-state index in [0.29, 0.717) is 10.8 Å². The van der Waals surface area contributed by atoms with E-state index in [1.54, 1.807) is 11.9 Å². The molecular weight excluding hydrogens is 204 g/mol. The van der Waals surface area contributed by atoms with E-state index in [1.165, 1.54) is 6.33 Å². The van der Waals surface area contributed by atoms with E-state index >= 15 is 0 Å². The van der Waals surface area contributed by atoms with E-state index < -0.39 is 0 Å². The zero-order valence-corrected chi connectivity index (χ0v) is 8.86. The van der Waals surface area contributed by atoms with Gasteiger partial charge in [-0.1, -0.05) is 11.6 Å². The molecule has 0 fully saturated rings. The summed E-state index contributed by atoms with van der Waals surface area (Å²) in [6.45, 7) is 1.88. The standard InChI is InChI=1S/C8H13ClN4O/c1-5(3-14)13(2)8-6(9)7(10)11-4-12-8/h4-5,14H,3H2,1-2H3,(H2,10,11,12). The van der Waals surface area contributed by atoms with Gasteiger partial charge in [-0.25, -0.2) is 9.97 Å². The Morgan fingerprint density at radius 1 is 1.64 bits per heavy atom. The first-order valence-corrected chi connectivity index (χ1v) is 4.55. The third-order valence-electron chi connectivity index (χ3n) is 2.06. The van der Waals surface area contributed by atoms with Crippen molar-refractivity contribution in [1.82, 2.24) is 9.97 Å². The molecule has 78 valence electrons. The highest BCUT2D eigenvalue weighted by molar-refractivity contribution is 6.35. The Balaban J connectivity index is 3.01. The van der Waals surface area contributed by atoms with E-state index in [4.69, 9.17) is 22.4 Å². The number of hydrogen-bond acceptors (Lipinski definition) is 5. The summed E-state index contributed by atoms with van der Waals surface area (Å²) in [5.41, 5.74) is 5.53. The first kappa shape index (κ1) is 11.0. The Morgan fingerprint density at radius 2 is 2.29 bits per heavy atom. The molecule has 0 aliphatic rings. The fourth-order valence-corrected chi connectivity index (χ4v) is 1.18. The highest BCUT2D eigenvalue weighted by Gasteiger charge is 2.15. The minimum absolute atomic E-state index is 0.0245. The lowest BCUT2D eigenvalue weighted by atomic mass is 10.3. The molecule has 0 aliphatic heterocycles. The number of aliphatic hydroxyl groups is 1. The highest BCUT2D eigenvalue weighted by Crippen LogP contribution is 2.26. The van der Waals surface area contributed by atoms with Gasteiger partial charge in [-0.05, 0) is 6.92 Å². The summed E-state index contributed by atoms with van der Waals surface area (Å²) >= 11 is 5.92. The van der Waals surface area contributed by atoms with Crippen molar-refractivity contribution >= 4 is 23.2 Å². The molecule has 5 nitrogen and oxygen atoms in total. The van der Waals surface area contributed by atoms with Crippen LogP contribution < -0.4 is 10.6 Å². The van der Waals surface area contributed by atoms with Crippen molar-refractivity contribution in [2.75, 3.05) is 24.3 Å². The zero-order valence-electron chi connectivity index (χ0n) is 8.11. The average molecular weight is 217 g/mol. The quantitative estimate of drug-likeness (QED) is 0.771. The van der Waals surface area contributed by atoms with Crippen molar-refractivity contribution in [2.45, 2.75) is 13.0 Å². The molecule has 0 saturated heterocycles. The van der Waals surface area contributed by atoms with Crippen molar-refractivity contribution in [3.63, 3.8) is 0 Å². The molecule has 0 spiro atoms. The number of rotatable bonds is 3. The lowest BCUT2D eigenvalue weighted by Gasteiger charge is -2.24. The van der Waals surface area contributed by atoms with Crippen LogP contribution in [0.15, 0.2) is 6.33 Å². The molecule has 1 aromatic rings. The molecular formula is C8H13ClN4O. The third-order valence-corrected chi connectivity index (χ3v) is 2.42. The molecule has 0 aliphatic carbocycles. The van der Waals surface area contributed by atoms with Crippen LogP contribution in [-0.4, -0.2) is 34.8 Å². The lowest BCUT2D eigenvalue weighted by molar-refractivity contribution is 0.270. The summed E-state index contributed by atoms with van der Waals surface area (Å²) in [5.74, 6) is 0.773. The van der Waals surface area contributed by atoms with Crippen LogP contribution in [0.25, 0.3) is 0 Å². The van der Waals surface area contributed by atoms with E-state index in [9.17, 15) is 0 Å². The number of nitrogens with two attached hydrogens (primary N) is 1. The molecule has 1 unspecified atom stereocenters. The number of aliphatic hydroxyl groups excluding tert-OH is 1. The van der Waals surface area contributed by atoms with Crippen molar-refractivity contribution in [3.05, 3.63) is 11.3 Å². The van der Waals surface area contributed by atoms with E-state index in [0.717, 1.165) is 0 Å². The number of aromatic nitrogens is 2. The number of nitrogen functional groups attached to an aromatic ring is 1. The van der Waals surface area contributed by atoms with Crippen molar-refractivity contribution < 1.29 is 5.11 Å². The van der Waals surface area contributed by atoms with Gasteiger partial charge in [0.15, 0.2) is 5.82 Å². The molecule has 6 heteroatoms. The molecule has 3 N–H and O–H groups in total. The van der Waals surface area contributed by atoms with Gasteiger partial charge in [-0.2, -0.15) is 0 Å². The van der Waals surface area contributed by atoms with Gasteiger partial charge in [0.2, 0.25) is 0 Å². The molecule has 0 aromatic carbocycles. The van der Waals surface area contributed by atoms with Crippen molar-refractivity contribution in [1.29, 1.82) is 0 Å². The van der Waals surface area contributed by atoms with Gasteiger partial charge >= 0.3 is 0 Å². The van der Waals surface area contributed by atoms with E-state index in [1.807, 2.05) is 6.92 Å². The number of nitrogens with zero attached hydrogens (tertiary/aromatic N) is 3. The fraction of sp³-hybridized carbons (Fsp3) is 0.500. The third kappa shape index (κ3) is 2.05. The number of hydrogen-bond donors (Lipinski definition) is 2. The van der Waals surface area contributed by atoms with Crippen molar-refractivity contribution in [2.24, 2.45) is 0 Å². The summed E-state index contributed by atoms with van der Waals surface area (Å²) in [4.78, 5) is 9.50. The van der Waals surface area contributed by atoms with Crippen LogP contribution in [0.1, 0.15) is 6.92 Å². The number of likely N-dealkylation sites (N-methyl/N-ethyl adjacent to an activating group) is 1. The SMILES string of the molecule is CC(CO)N(C)c1ncnc(N)c1Cl. The smallest absolute Gasteiger partial charge is 0.153 e. The van der Waals surface area contributed by atoms with Crippen LogP contribution >= 0.6 is 11.6 Å². The summed E-state index contributed by atoms with van der Waals surface area (Å²) in [6, 6.07) is -0.0678. The maximum atomic E-state index is 8.97. The van der Waals surface area contributed by atoms with Crippen molar-refractivity contribution in [3.8, 4) is 0 Å². The van der Waals surface area contributed by atoms with Crippen LogP contribution in [0, 0.1) is 0 Å². The molecule has 0 bridgehead atoms. The van der Waals surface area contributed by atoms with Gasteiger partial charge in [0.25, 0.3) is 0 Å². The maximum Gasteiger partial charge on any atom is 0.153 e. The Kier molecular flexibility index (Phi) is 3.49. The molecule has 1 heterocycles. The van der Waals surface area contributed by atoms with Gasteiger partial charge in [-0.15, -0.1) is 0 Å². The van der Waals surface area contributed by atoms with Gasteiger partial charge in [0.1, 0.15) is 17.2 Å². The molecule has 1 atom stereocenters. The van der Waals surface area contributed by atoms with Crippen LogP contribution in [0.5, 0.6) is 0 Å². The normalized spacial score (nSPS) is 12.6. The second kappa shape index (κ2) is 4.43. The topological polar surface area (TPSA) is 75.3 Å². The maximum absolute atomic E-state index is 8.97. The van der Waals surface area contributed by atoms with Crippen LogP contribution in [0.2, 0.25) is 5.02 Å². The average Bonchev–Trinajstić information content (AvgIpc) is 2.20. The summed E-state index contributed by atoms with van der Waals surface area (Å²) < 4.78 is 0. The molecule has 0 saturated carbocycles. The molecule has 0 radical (unpaired) electrons. The van der Waals surface area contributed by atoms with Gasteiger partial charge < -0.3 is 15.7 Å². The van der Waals surface area contributed by atoms with Gasteiger partial charge in [0.05, 0.1) is 12.6 Å². The Hall–Kier alpha value is -1.07. The number of halogens is 1. The molecule has 1 rings (SSSR count). The monoisotopic (exact) mass is 216 g/mol. The van der Waals surface area contributed by atoms with Crippen LogP contribution in [0.3, 0.4) is 0 Å². The second-order valence-electron chi connectivity index (χ2n) is 3.04. The minimum Gasteiger partial charge on any atom is -0.394 e. The first-order valence-electron chi connectivity index (χ1n) is 4.17. The lowest BCUT2D eigenvalue weighted by Crippen LogP contribution is -2.32. The Labute approximate surface area is 87.5 Å². The molecule has 0 amide bonds. The van der Waals surface area contributed by atoms with Gasteiger partial charge in [-0.3, -0.25) is 0 Å². The van der Waals surface area contributed by atoms with E-state index in [2.05, 4.69) is 9.97 Å². The molecule has 14 heavy (non-hydrogen) atoms. The molecule has 1 aromatic heterocycles. The Bertz CT molecular complexity index is 320. The zero-order chi connectivity index (χ0) is 10.7. The Morgan fingerprint density at radius 3 is 2.86 bits per heavy atom. The number of anilines is 2. The minimum atomic E-state index is -0.0678. The van der Waals surface area contributed by atoms with Crippen LogP contribution in [-0.2, 0) is 0 Å². The highest BCUT2D eigenvalue weighted by atomic mass is 35.5. The summed E-state index contributed by atoms with van der Waals surface area (Å²) in [5, 5.41) is 9.28. The fourth-order valence-electron chi connectivity index (χ4n) is 0.951. The predicted molar refractivity (Wildman–Crippen MR) is 56.4 cm³/mol.